The number of benzene rings is 2. The van der Waals surface area contributed by atoms with E-state index in [0.29, 0.717) is 34.7 Å². The first-order valence-corrected chi connectivity index (χ1v) is 11.7. The van der Waals surface area contributed by atoms with Gasteiger partial charge >= 0.3 is 0 Å². The van der Waals surface area contributed by atoms with Crippen LogP contribution in [0.15, 0.2) is 51.7 Å². The molecule has 1 aliphatic heterocycles. The van der Waals surface area contributed by atoms with Crippen molar-refractivity contribution in [3.63, 3.8) is 0 Å². The normalized spacial score (nSPS) is 15.5. The first-order chi connectivity index (χ1) is 15.9. The van der Waals surface area contributed by atoms with E-state index in [1.165, 1.54) is 0 Å². The van der Waals surface area contributed by atoms with Gasteiger partial charge in [0.1, 0.15) is 11.3 Å². The topological polar surface area (TPSA) is 63.0 Å². The number of rotatable bonds is 9. The summed E-state index contributed by atoms with van der Waals surface area (Å²) in [5.41, 5.74) is 1.33. The molecule has 7 heteroatoms. The maximum atomic E-state index is 13.6. The van der Waals surface area contributed by atoms with E-state index in [1.807, 2.05) is 38.4 Å². The molecule has 0 fully saturated rings. The van der Waals surface area contributed by atoms with Crippen LogP contribution in [0.4, 0.5) is 0 Å². The van der Waals surface area contributed by atoms with Crippen molar-refractivity contribution in [3.05, 3.63) is 74.6 Å². The number of hydrogen-bond acceptors (Lipinski definition) is 5. The van der Waals surface area contributed by atoms with Crippen LogP contribution in [0.3, 0.4) is 0 Å². The molecule has 6 nitrogen and oxygen atoms in total. The molecule has 0 saturated carbocycles. The zero-order valence-electron chi connectivity index (χ0n) is 19.3. The highest BCUT2D eigenvalue weighted by Crippen LogP contribution is 2.39. The molecule has 174 valence electrons. The van der Waals surface area contributed by atoms with Gasteiger partial charge in [-0.2, -0.15) is 0 Å². The quantitative estimate of drug-likeness (QED) is 0.408. The highest BCUT2D eigenvalue weighted by Gasteiger charge is 2.42. The van der Waals surface area contributed by atoms with Crippen LogP contribution in [0.2, 0.25) is 5.02 Å². The monoisotopic (exact) mass is 468 g/mol. The van der Waals surface area contributed by atoms with E-state index < -0.39 is 6.04 Å². The fourth-order valence-corrected chi connectivity index (χ4v) is 4.41. The maximum Gasteiger partial charge on any atom is 0.290 e. The minimum Gasteiger partial charge on any atom is -0.494 e. The third-order valence-electron chi connectivity index (χ3n) is 5.87. The van der Waals surface area contributed by atoms with Gasteiger partial charge in [0.25, 0.3) is 5.91 Å². The van der Waals surface area contributed by atoms with Crippen molar-refractivity contribution in [1.29, 1.82) is 0 Å². The third-order valence-corrected chi connectivity index (χ3v) is 6.11. The molecule has 1 aromatic heterocycles. The van der Waals surface area contributed by atoms with Crippen molar-refractivity contribution in [3.8, 4) is 5.75 Å². The number of ether oxygens (including phenoxy) is 1. The lowest BCUT2D eigenvalue weighted by Crippen LogP contribution is -2.32. The Bertz CT molecular complexity index is 1220. The van der Waals surface area contributed by atoms with Crippen molar-refractivity contribution < 1.29 is 13.9 Å². The van der Waals surface area contributed by atoms with Crippen LogP contribution in [-0.2, 0) is 0 Å². The number of unbranched alkanes of at least 4 members (excludes halogenated alkanes) is 1. The Kier molecular flexibility index (Phi) is 7.05. The summed E-state index contributed by atoms with van der Waals surface area (Å²) in [6, 6.07) is 12.0. The summed E-state index contributed by atoms with van der Waals surface area (Å²) in [5, 5.41) is 0.828. The molecule has 0 saturated heterocycles. The number of hydrogen-bond donors (Lipinski definition) is 0. The maximum absolute atomic E-state index is 13.6. The molecule has 1 aliphatic rings. The second kappa shape index (κ2) is 9.98. The molecule has 0 unspecified atom stereocenters. The molecule has 1 amide bonds. The Balaban J connectivity index is 1.81. The standard InChI is InChI=1S/C26H29ClN2O4/c1-4-5-14-32-19-9-6-8-17(15-19)23-22-24(30)20-16-18(27)10-11-21(20)33-25(22)26(31)29(23)13-7-12-28(2)3/h6,8-11,15-16,23H,4-5,7,12-14H2,1-3H3/t23-/m0/s1. The molecule has 2 heterocycles. The predicted octanol–water partition coefficient (Wildman–Crippen LogP) is 5.12. The number of carbonyl (C=O) groups is 1. The molecular formula is C26H29ClN2O4. The molecule has 0 N–H and O–H groups in total. The molecule has 0 bridgehead atoms. The molecule has 33 heavy (non-hydrogen) atoms. The van der Waals surface area contributed by atoms with Gasteiger partial charge in [0.15, 0.2) is 5.43 Å². The Morgan fingerprint density at radius 1 is 1.12 bits per heavy atom. The Labute approximate surface area is 198 Å². The van der Waals surface area contributed by atoms with E-state index in [1.54, 1.807) is 23.1 Å². The number of halogens is 1. The van der Waals surface area contributed by atoms with E-state index in [2.05, 4.69) is 11.8 Å². The van der Waals surface area contributed by atoms with E-state index in [0.717, 1.165) is 37.1 Å². The lowest BCUT2D eigenvalue weighted by atomic mass is 9.98. The largest absolute Gasteiger partial charge is 0.494 e. The smallest absolute Gasteiger partial charge is 0.290 e. The highest BCUT2D eigenvalue weighted by molar-refractivity contribution is 6.31. The number of fused-ring (bicyclic) bond motifs is 2. The van der Waals surface area contributed by atoms with Crippen LogP contribution in [0.1, 0.15) is 53.9 Å². The van der Waals surface area contributed by atoms with E-state index in [9.17, 15) is 9.59 Å². The average molecular weight is 469 g/mol. The highest BCUT2D eigenvalue weighted by atomic mass is 35.5. The SMILES string of the molecule is CCCCOc1cccc([C@H]2c3c(oc4ccc(Cl)cc4c3=O)C(=O)N2CCCN(C)C)c1. The molecular weight excluding hydrogens is 440 g/mol. The zero-order chi connectivity index (χ0) is 23.5. The van der Waals surface area contributed by atoms with Crippen LogP contribution >= 0.6 is 11.6 Å². The van der Waals surface area contributed by atoms with Gasteiger partial charge < -0.3 is 19.0 Å². The van der Waals surface area contributed by atoms with E-state index >= 15 is 0 Å². The van der Waals surface area contributed by atoms with Crippen LogP contribution in [0, 0.1) is 0 Å². The predicted molar refractivity (Wildman–Crippen MR) is 130 cm³/mol. The summed E-state index contributed by atoms with van der Waals surface area (Å²) < 4.78 is 11.9. The minimum atomic E-state index is -0.538. The van der Waals surface area contributed by atoms with Gasteiger partial charge in [0.05, 0.1) is 23.6 Å². The van der Waals surface area contributed by atoms with Gasteiger partial charge in [0.2, 0.25) is 5.76 Å². The summed E-state index contributed by atoms with van der Waals surface area (Å²) in [7, 11) is 3.99. The van der Waals surface area contributed by atoms with Gasteiger partial charge in [-0.25, -0.2) is 0 Å². The Morgan fingerprint density at radius 3 is 2.70 bits per heavy atom. The van der Waals surface area contributed by atoms with Crippen LogP contribution in [0.25, 0.3) is 11.0 Å². The zero-order valence-corrected chi connectivity index (χ0v) is 20.0. The van der Waals surface area contributed by atoms with Crippen molar-refractivity contribution in [2.24, 2.45) is 0 Å². The molecule has 1 atom stereocenters. The van der Waals surface area contributed by atoms with E-state index in [-0.39, 0.29) is 17.1 Å². The van der Waals surface area contributed by atoms with Gasteiger partial charge in [-0.1, -0.05) is 37.1 Å². The molecule has 3 aromatic rings. The molecule has 0 aliphatic carbocycles. The van der Waals surface area contributed by atoms with Gasteiger partial charge in [-0.3, -0.25) is 9.59 Å². The lowest BCUT2D eigenvalue weighted by Gasteiger charge is -2.26. The summed E-state index contributed by atoms with van der Waals surface area (Å²) in [6.07, 6.45) is 2.78. The van der Waals surface area contributed by atoms with Crippen LogP contribution in [-0.4, -0.2) is 49.5 Å². The van der Waals surface area contributed by atoms with Gasteiger partial charge in [-0.05, 0) is 69.4 Å². The van der Waals surface area contributed by atoms with Crippen LogP contribution < -0.4 is 10.2 Å². The second-order valence-corrected chi connectivity index (χ2v) is 9.08. The van der Waals surface area contributed by atoms with Crippen molar-refractivity contribution in [2.75, 3.05) is 33.8 Å². The Morgan fingerprint density at radius 2 is 1.94 bits per heavy atom. The van der Waals surface area contributed by atoms with Gasteiger partial charge in [-0.15, -0.1) is 0 Å². The van der Waals surface area contributed by atoms with E-state index in [4.69, 9.17) is 20.8 Å². The molecule has 0 spiro atoms. The first-order valence-electron chi connectivity index (χ1n) is 11.4. The minimum absolute atomic E-state index is 0.113. The molecule has 4 rings (SSSR count). The van der Waals surface area contributed by atoms with Crippen molar-refractivity contribution >= 4 is 28.5 Å². The third kappa shape index (κ3) is 4.77. The number of amides is 1. The molecule has 0 radical (unpaired) electrons. The number of nitrogens with zero attached hydrogens (tertiary/aromatic N) is 2. The summed E-state index contributed by atoms with van der Waals surface area (Å²) in [6.45, 7) is 4.07. The fourth-order valence-electron chi connectivity index (χ4n) is 4.24. The van der Waals surface area contributed by atoms with Gasteiger partial charge in [0, 0.05) is 11.6 Å². The first kappa shape index (κ1) is 23.3. The van der Waals surface area contributed by atoms with Crippen molar-refractivity contribution in [1.82, 2.24) is 9.80 Å². The Hall–Kier alpha value is -2.83. The lowest BCUT2D eigenvalue weighted by molar-refractivity contribution is 0.0722. The summed E-state index contributed by atoms with van der Waals surface area (Å²) in [5.74, 6) is 0.574. The average Bonchev–Trinajstić information content (AvgIpc) is 3.07. The second-order valence-electron chi connectivity index (χ2n) is 8.65. The summed E-state index contributed by atoms with van der Waals surface area (Å²) in [4.78, 5) is 30.8. The summed E-state index contributed by atoms with van der Waals surface area (Å²) >= 11 is 6.15. The fraction of sp³-hybridized carbons (Fsp3) is 0.385. The van der Waals surface area contributed by atoms with Crippen molar-refractivity contribution in [2.45, 2.75) is 32.2 Å². The van der Waals surface area contributed by atoms with Crippen LogP contribution in [0.5, 0.6) is 5.75 Å². The molecule has 2 aromatic carbocycles. The number of carbonyl (C=O) groups excluding carboxylic acids is 1.